The Morgan fingerprint density at radius 3 is 1.15 bits per heavy atom. The molecule has 5 nitrogen and oxygen atoms in total. The number of methoxy groups -OCH3 is 1. The van der Waals surface area contributed by atoms with Crippen molar-refractivity contribution in [3.8, 4) is 39.9 Å². The summed E-state index contributed by atoms with van der Waals surface area (Å²) in [4.78, 5) is 0. The van der Waals surface area contributed by atoms with Gasteiger partial charge in [0.25, 0.3) is 18.1 Å². The average Bonchev–Trinajstić information content (AvgIpc) is 3.01. The third-order valence-electron chi connectivity index (χ3n) is 9.86. The zero-order chi connectivity index (χ0) is 39.8. The van der Waals surface area contributed by atoms with Crippen LogP contribution >= 0.6 is 18.1 Å². The van der Waals surface area contributed by atoms with Crippen LogP contribution in [0.5, 0.6) is 28.7 Å². The van der Waals surface area contributed by atoms with Gasteiger partial charge in [-0.3, -0.25) is 0 Å². The quantitative estimate of drug-likeness (QED) is 0.151. The highest BCUT2D eigenvalue weighted by Crippen LogP contribution is 2.54. The molecule has 0 bridgehead atoms. The minimum Gasteiger partial charge on any atom is -0.497 e. The second-order valence-corrected chi connectivity index (χ2v) is 19.7. The monoisotopic (exact) mass is 758 g/mol. The van der Waals surface area contributed by atoms with Crippen LogP contribution in [-0.4, -0.2) is 7.11 Å². The van der Waals surface area contributed by atoms with Crippen molar-refractivity contribution in [2.24, 2.45) is 0 Å². The molecule has 0 radical (unpaired) electrons. The molecule has 0 amide bonds. The van der Waals surface area contributed by atoms with Crippen LogP contribution in [0.2, 0.25) is 0 Å². The lowest BCUT2D eigenvalue weighted by molar-refractivity contribution is 0.413. The number of rotatable bonds is 10. The molecule has 288 valence electrons. The number of hydrogen-bond donors (Lipinski definition) is 0. The van der Waals surface area contributed by atoms with Crippen LogP contribution in [0.1, 0.15) is 133 Å². The third-order valence-corrected chi connectivity index (χ3v) is 11.0. The summed E-state index contributed by atoms with van der Waals surface area (Å²) in [6, 6.07) is 16.8. The summed E-state index contributed by atoms with van der Waals surface area (Å²) in [5.74, 6) is 4.04. The predicted molar refractivity (Wildman–Crippen MR) is 229 cm³/mol. The van der Waals surface area contributed by atoms with Crippen LogP contribution < -0.4 is 22.8 Å². The predicted octanol–water partition coefficient (Wildman–Crippen LogP) is 14.0. The smallest absolute Gasteiger partial charge is 0.275 e. The SMILES string of the molecule is COc1ccc(OPOc2c(C(C)(C)C)cc(C(C)(C)C)c(C)c2-c2c(C)c(C(C)(C)C)cc(C(C)(C)C)c2OPOc2ccc(C)cc2C)c(C)c1. The Labute approximate surface area is 324 Å². The van der Waals surface area contributed by atoms with Gasteiger partial charge < -0.3 is 22.8 Å². The molecule has 53 heavy (non-hydrogen) atoms. The molecule has 0 aromatic heterocycles. The van der Waals surface area contributed by atoms with E-state index >= 15 is 0 Å². The summed E-state index contributed by atoms with van der Waals surface area (Å²) in [6.45, 7) is 38.0. The molecule has 4 rings (SSSR count). The highest BCUT2D eigenvalue weighted by atomic mass is 31.1. The first kappa shape index (κ1) is 42.5. The van der Waals surface area contributed by atoms with Crippen molar-refractivity contribution in [3.63, 3.8) is 0 Å². The van der Waals surface area contributed by atoms with Crippen LogP contribution in [0, 0.1) is 34.6 Å². The molecule has 0 aliphatic rings. The molecule has 2 unspecified atom stereocenters. The molecule has 0 aliphatic heterocycles. The van der Waals surface area contributed by atoms with Crippen molar-refractivity contribution in [2.75, 3.05) is 7.11 Å². The topological polar surface area (TPSA) is 46.2 Å². The molecule has 0 fully saturated rings. The summed E-state index contributed by atoms with van der Waals surface area (Å²) in [7, 11) is 1.14. The normalized spacial score (nSPS) is 12.9. The fraction of sp³-hybridized carbons (Fsp3) is 0.478. The molecule has 2 atom stereocenters. The van der Waals surface area contributed by atoms with Gasteiger partial charge >= 0.3 is 0 Å². The summed E-state index contributed by atoms with van der Waals surface area (Å²) in [5, 5.41) is 0. The second kappa shape index (κ2) is 15.8. The molecule has 4 aromatic rings. The van der Waals surface area contributed by atoms with Crippen LogP contribution in [0.4, 0.5) is 0 Å². The Balaban J connectivity index is 2.07. The standard InChI is InChI=1S/C46H64O5P2/c1-27-19-21-37(28(2)23-27)48-52-50-41-35(45(12,13)14)25-33(43(6,7)8)30(4)39(41)40-31(5)34(44(9,10)11)26-36(46(15,16)17)42(40)51-53-49-38-22-20-32(47-18)24-29(38)3/h19-26,52-53H,1-18H3. The average molecular weight is 759 g/mol. The molecule has 0 heterocycles. The highest BCUT2D eigenvalue weighted by molar-refractivity contribution is 7.27. The summed E-state index contributed by atoms with van der Waals surface area (Å²) < 4.78 is 32.2. The largest absolute Gasteiger partial charge is 0.497 e. The van der Waals surface area contributed by atoms with Crippen LogP contribution in [0.15, 0.2) is 48.5 Å². The Morgan fingerprint density at radius 2 is 0.811 bits per heavy atom. The molecule has 0 saturated heterocycles. The van der Waals surface area contributed by atoms with Crippen molar-refractivity contribution in [3.05, 3.63) is 98.6 Å². The van der Waals surface area contributed by atoms with E-state index in [9.17, 15) is 0 Å². The fourth-order valence-corrected chi connectivity index (χ4v) is 8.31. The van der Waals surface area contributed by atoms with Crippen molar-refractivity contribution < 1.29 is 22.8 Å². The van der Waals surface area contributed by atoms with E-state index in [1.54, 1.807) is 7.11 Å². The second-order valence-electron chi connectivity index (χ2n) is 18.6. The van der Waals surface area contributed by atoms with Gasteiger partial charge in [0.2, 0.25) is 0 Å². The Kier molecular flexibility index (Phi) is 12.7. The van der Waals surface area contributed by atoms with Gasteiger partial charge in [-0.05, 0) is 114 Å². The fourth-order valence-electron chi connectivity index (χ4n) is 6.99. The van der Waals surface area contributed by atoms with Gasteiger partial charge in [0, 0.05) is 22.3 Å². The zero-order valence-electron chi connectivity index (χ0n) is 35.7. The minimum atomic E-state index is -0.281. The summed E-state index contributed by atoms with van der Waals surface area (Å²) in [5.41, 5.74) is 11.8. The van der Waals surface area contributed by atoms with E-state index in [1.807, 2.05) is 31.2 Å². The van der Waals surface area contributed by atoms with Crippen LogP contribution in [0.3, 0.4) is 0 Å². The molecular weight excluding hydrogens is 694 g/mol. The molecule has 0 saturated carbocycles. The van der Waals surface area contributed by atoms with E-state index in [0.717, 1.165) is 62.1 Å². The lowest BCUT2D eigenvalue weighted by atomic mass is 9.72. The van der Waals surface area contributed by atoms with Gasteiger partial charge in [0.15, 0.2) is 0 Å². The van der Waals surface area contributed by atoms with Gasteiger partial charge in [-0.15, -0.1) is 0 Å². The number of hydrogen-bond acceptors (Lipinski definition) is 5. The maximum absolute atomic E-state index is 6.97. The Hall–Kier alpha value is -3.26. The van der Waals surface area contributed by atoms with Gasteiger partial charge in [0.1, 0.15) is 28.7 Å². The van der Waals surface area contributed by atoms with E-state index in [2.05, 4.69) is 135 Å². The third kappa shape index (κ3) is 9.71. The molecule has 4 aromatic carbocycles. The minimum absolute atomic E-state index is 0.130. The van der Waals surface area contributed by atoms with Gasteiger partial charge in [-0.1, -0.05) is 113 Å². The molecular formula is C46H64O5P2. The van der Waals surface area contributed by atoms with Gasteiger partial charge in [-0.25, -0.2) is 0 Å². The first-order valence-electron chi connectivity index (χ1n) is 18.6. The Morgan fingerprint density at radius 1 is 0.434 bits per heavy atom. The van der Waals surface area contributed by atoms with E-state index in [4.69, 9.17) is 22.8 Å². The van der Waals surface area contributed by atoms with Crippen molar-refractivity contribution in [1.82, 2.24) is 0 Å². The van der Waals surface area contributed by atoms with Gasteiger partial charge in [0.05, 0.1) is 7.11 Å². The summed E-state index contributed by atoms with van der Waals surface area (Å²) in [6.07, 6.45) is 0. The Bertz CT molecular complexity index is 1950. The maximum atomic E-state index is 6.97. The first-order valence-corrected chi connectivity index (χ1v) is 20.3. The first-order chi connectivity index (χ1) is 24.4. The van der Waals surface area contributed by atoms with Gasteiger partial charge in [-0.2, -0.15) is 0 Å². The van der Waals surface area contributed by atoms with E-state index in [1.165, 1.54) is 27.8 Å². The molecule has 0 N–H and O–H groups in total. The van der Waals surface area contributed by atoms with Crippen molar-refractivity contribution in [2.45, 2.75) is 139 Å². The number of aryl methyl sites for hydroxylation is 3. The van der Waals surface area contributed by atoms with E-state index < -0.39 is 0 Å². The lowest BCUT2D eigenvalue weighted by Gasteiger charge is -2.35. The number of benzene rings is 4. The highest BCUT2D eigenvalue weighted by Gasteiger charge is 2.35. The van der Waals surface area contributed by atoms with E-state index in [-0.39, 0.29) is 39.7 Å². The van der Waals surface area contributed by atoms with E-state index in [0.29, 0.717) is 0 Å². The number of ether oxygens (including phenoxy) is 1. The van der Waals surface area contributed by atoms with Crippen molar-refractivity contribution >= 4 is 18.1 Å². The molecule has 0 aliphatic carbocycles. The lowest BCUT2D eigenvalue weighted by Crippen LogP contribution is -2.22. The van der Waals surface area contributed by atoms with Crippen LogP contribution in [-0.2, 0) is 21.7 Å². The van der Waals surface area contributed by atoms with Crippen molar-refractivity contribution in [1.29, 1.82) is 0 Å². The zero-order valence-corrected chi connectivity index (χ0v) is 37.7. The van der Waals surface area contributed by atoms with Crippen LogP contribution in [0.25, 0.3) is 11.1 Å². The molecule has 0 spiro atoms. The molecule has 7 heteroatoms. The maximum Gasteiger partial charge on any atom is 0.275 e. The summed E-state index contributed by atoms with van der Waals surface area (Å²) >= 11 is 0.